The molecule has 0 aromatic rings. The van der Waals surface area contributed by atoms with Crippen molar-refractivity contribution in [2.75, 3.05) is 19.7 Å². The van der Waals surface area contributed by atoms with Crippen molar-refractivity contribution in [2.45, 2.75) is 20.0 Å². The summed E-state index contributed by atoms with van der Waals surface area (Å²) in [5, 5.41) is 27.4. The molecule has 0 bridgehead atoms. The number of hydrogen-bond donors (Lipinski definition) is 4. The molecule has 0 fully saturated rings. The van der Waals surface area contributed by atoms with Gasteiger partial charge in [-0.05, 0) is 0 Å². The lowest BCUT2D eigenvalue weighted by Gasteiger charge is -2.05. The van der Waals surface area contributed by atoms with Gasteiger partial charge < -0.3 is 20.6 Å². The maximum atomic E-state index is 9.86. The normalized spacial score (nSPS) is 11.3. The molecular weight excluding hydrogens is 162 g/mol. The third-order valence-corrected chi connectivity index (χ3v) is 0.867. The van der Waals surface area contributed by atoms with Gasteiger partial charge in [-0.2, -0.15) is 0 Å². The number of carboxylic acid groups (broad SMARTS) is 1. The summed E-state index contributed by atoms with van der Waals surface area (Å²) in [6.07, 6.45) is -0.876. The Morgan fingerprint density at radius 2 is 2.00 bits per heavy atom. The molecule has 0 radical (unpaired) electrons. The zero-order valence-corrected chi connectivity index (χ0v) is 7.45. The standard InChI is InChI=1S/C5H11NO4.C2H6/c7-3-4(8)1-6-2-5(9)10;1-2/h4,6-8H,1-3H2,(H,9,10);1-2H3. The van der Waals surface area contributed by atoms with Gasteiger partial charge in [0.2, 0.25) is 0 Å². The van der Waals surface area contributed by atoms with Gasteiger partial charge in [0.05, 0.1) is 19.3 Å². The summed E-state index contributed by atoms with van der Waals surface area (Å²) in [5.41, 5.74) is 0. The summed E-state index contributed by atoms with van der Waals surface area (Å²) in [4.78, 5) is 9.86. The van der Waals surface area contributed by atoms with E-state index in [1.807, 2.05) is 13.8 Å². The van der Waals surface area contributed by atoms with E-state index in [4.69, 9.17) is 15.3 Å². The first-order valence-electron chi connectivity index (χ1n) is 3.88. The topological polar surface area (TPSA) is 89.8 Å². The Morgan fingerprint density at radius 3 is 2.33 bits per heavy atom. The molecule has 1 atom stereocenters. The molecule has 74 valence electrons. The van der Waals surface area contributed by atoms with Crippen LogP contribution >= 0.6 is 0 Å². The van der Waals surface area contributed by atoms with Crippen molar-refractivity contribution in [3.63, 3.8) is 0 Å². The van der Waals surface area contributed by atoms with Crippen molar-refractivity contribution < 1.29 is 20.1 Å². The van der Waals surface area contributed by atoms with Crippen molar-refractivity contribution >= 4 is 5.97 Å². The van der Waals surface area contributed by atoms with Crippen molar-refractivity contribution in [1.29, 1.82) is 0 Å². The maximum Gasteiger partial charge on any atom is 0.317 e. The highest BCUT2D eigenvalue weighted by atomic mass is 16.4. The Balaban J connectivity index is 0. The molecule has 0 saturated heterocycles. The zero-order valence-electron chi connectivity index (χ0n) is 7.45. The molecule has 0 aromatic heterocycles. The fourth-order valence-corrected chi connectivity index (χ4v) is 0.410. The van der Waals surface area contributed by atoms with E-state index >= 15 is 0 Å². The van der Waals surface area contributed by atoms with E-state index < -0.39 is 12.1 Å². The van der Waals surface area contributed by atoms with Crippen LogP contribution in [0.2, 0.25) is 0 Å². The monoisotopic (exact) mass is 179 g/mol. The first-order chi connectivity index (χ1) is 5.66. The summed E-state index contributed by atoms with van der Waals surface area (Å²) in [5.74, 6) is -0.981. The smallest absolute Gasteiger partial charge is 0.317 e. The minimum Gasteiger partial charge on any atom is -0.480 e. The van der Waals surface area contributed by atoms with Gasteiger partial charge in [-0.25, -0.2) is 0 Å². The summed E-state index contributed by atoms with van der Waals surface area (Å²) in [6.45, 7) is 3.55. The van der Waals surface area contributed by atoms with Gasteiger partial charge in [0.25, 0.3) is 0 Å². The van der Waals surface area contributed by atoms with Gasteiger partial charge in [0.15, 0.2) is 0 Å². The maximum absolute atomic E-state index is 9.86. The molecule has 0 aliphatic carbocycles. The van der Waals surface area contributed by atoms with Crippen molar-refractivity contribution in [3.05, 3.63) is 0 Å². The largest absolute Gasteiger partial charge is 0.480 e. The SMILES string of the molecule is CC.O=C(O)CNCC(O)CO. The van der Waals surface area contributed by atoms with Crippen molar-refractivity contribution in [1.82, 2.24) is 5.32 Å². The van der Waals surface area contributed by atoms with Gasteiger partial charge in [-0.3, -0.25) is 4.79 Å². The number of carboxylic acids is 1. The Labute approximate surface area is 72.0 Å². The van der Waals surface area contributed by atoms with Crippen LogP contribution in [0.25, 0.3) is 0 Å². The van der Waals surface area contributed by atoms with Gasteiger partial charge in [0, 0.05) is 6.54 Å². The Morgan fingerprint density at radius 1 is 1.50 bits per heavy atom. The van der Waals surface area contributed by atoms with E-state index in [1.54, 1.807) is 0 Å². The van der Waals surface area contributed by atoms with E-state index in [2.05, 4.69) is 5.32 Å². The van der Waals surface area contributed by atoms with Crippen LogP contribution in [0.15, 0.2) is 0 Å². The number of rotatable bonds is 5. The van der Waals surface area contributed by atoms with Crippen LogP contribution in [0.3, 0.4) is 0 Å². The van der Waals surface area contributed by atoms with E-state index in [-0.39, 0.29) is 19.7 Å². The number of aliphatic carboxylic acids is 1. The first-order valence-corrected chi connectivity index (χ1v) is 3.88. The van der Waals surface area contributed by atoms with Crippen molar-refractivity contribution in [2.24, 2.45) is 0 Å². The molecule has 0 aliphatic heterocycles. The van der Waals surface area contributed by atoms with E-state index in [0.29, 0.717) is 0 Å². The van der Waals surface area contributed by atoms with Gasteiger partial charge >= 0.3 is 5.97 Å². The molecule has 0 aromatic carbocycles. The molecule has 12 heavy (non-hydrogen) atoms. The molecule has 5 nitrogen and oxygen atoms in total. The molecule has 0 saturated carbocycles. The predicted octanol–water partition coefficient (Wildman–Crippen LogP) is -0.960. The third-order valence-electron chi connectivity index (χ3n) is 0.867. The number of hydrogen-bond acceptors (Lipinski definition) is 4. The second-order valence-corrected chi connectivity index (χ2v) is 1.86. The Bertz CT molecular complexity index is 108. The van der Waals surface area contributed by atoms with Gasteiger partial charge in [-0.15, -0.1) is 0 Å². The van der Waals surface area contributed by atoms with Crippen LogP contribution in [0, 0.1) is 0 Å². The highest BCUT2D eigenvalue weighted by Gasteiger charge is 2.01. The Hall–Kier alpha value is -0.650. The van der Waals surface area contributed by atoms with E-state index in [9.17, 15) is 4.79 Å². The van der Waals surface area contributed by atoms with E-state index in [1.165, 1.54) is 0 Å². The van der Waals surface area contributed by atoms with Crippen molar-refractivity contribution in [3.8, 4) is 0 Å². The predicted molar refractivity (Wildman–Crippen MR) is 44.9 cm³/mol. The summed E-state index contributed by atoms with van der Waals surface area (Å²) >= 11 is 0. The quantitative estimate of drug-likeness (QED) is 0.436. The fourth-order valence-electron chi connectivity index (χ4n) is 0.410. The third kappa shape index (κ3) is 12.1. The molecular formula is C7H17NO4. The van der Waals surface area contributed by atoms with Crippen LogP contribution in [0.1, 0.15) is 13.8 Å². The molecule has 1 unspecified atom stereocenters. The van der Waals surface area contributed by atoms with Crippen LogP contribution in [-0.2, 0) is 4.79 Å². The lowest BCUT2D eigenvalue weighted by molar-refractivity contribution is -0.136. The van der Waals surface area contributed by atoms with Crippen LogP contribution < -0.4 is 5.32 Å². The number of nitrogens with one attached hydrogen (secondary N) is 1. The Kier molecular flexibility index (Phi) is 12.0. The summed E-state index contributed by atoms with van der Waals surface area (Å²) in [6, 6.07) is 0. The fraction of sp³-hybridized carbons (Fsp3) is 0.857. The highest BCUT2D eigenvalue weighted by Crippen LogP contribution is 1.74. The average molecular weight is 179 g/mol. The van der Waals surface area contributed by atoms with E-state index in [0.717, 1.165) is 0 Å². The second kappa shape index (κ2) is 10.3. The number of carbonyl (C=O) groups is 1. The zero-order chi connectivity index (χ0) is 9.98. The van der Waals surface area contributed by atoms with Crippen LogP contribution in [-0.4, -0.2) is 47.1 Å². The van der Waals surface area contributed by atoms with Gasteiger partial charge in [0.1, 0.15) is 0 Å². The summed E-state index contributed by atoms with van der Waals surface area (Å²) in [7, 11) is 0. The highest BCUT2D eigenvalue weighted by molar-refractivity contribution is 5.68. The molecule has 0 rings (SSSR count). The summed E-state index contributed by atoms with van der Waals surface area (Å²) < 4.78 is 0. The van der Waals surface area contributed by atoms with Crippen LogP contribution in [0.5, 0.6) is 0 Å². The average Bonchev–Trinajstić information content (AvgIpc) is 2.07. The van der Waals surface area contributed by atoms with Gasteiger partial charge in [-0.1, -0.05) is 13.8 Å². The number of aliphatic hydroxyl groups excluding tert-OH is 2. The second-order valence-electron chi connectivity index (χ2n) is 1.86. The molecule has 0 amide bonds. The lowest BCUT2D eigenvalue weighted by Crippen LogP contribution is -2.32. The molecule has 4 N–H and O–H groups in total. The minimum atomic E-state index is -0.981. The number of aliphatic hydroxyl groups is 2. The minimum absolute atomic E-state index is 0.100. The first kappa shape index (κ1) is 13.9. The molecule has 5 heteroatoms. The lowest BCUT2D eigenvalue weighted by atomic mass is 10.4. The molecule has 0 aliphatic rings. The molecule has 0 spiro atoms. The molecule has 0 heterocycles. The van der Waals surface area contributed by atoms with Crippen LogP contribution in [0.4, 0.5) is 0 Å².